The van der Waals surface area contributed by atoms with E-state index in [1.54, 1.807) is 18.9 Å². The largest absolute Gasteiger partial charge is 0.493 e. The average molecular weight is 496 g/mol. The summed E-state index contributed by atoms with van der Waals surface area (Å²) in [6.45, 7) is 6.92. The molecule has 2 N–H and O–H groups in total. The van der Waals surface area contributed by atoms with E-state index in [0.29, 0.717) is 30.5 Å². The first-order valence-electron chi connectivity index (χ1n) is 9.62. The number of halogens is 1. The highest BCUT2D eigenvalue weighted by molar-refractivity contribution is 9.10. The molecule has 0 aliphatic carbocycles. The molecule has 0 saturated carbocycles. The molecule has 0 amide bonds. The lowest BCUT2D eigenvalue weighted by atomic mass is 10.1. The van der Waals surface area contributed by atoms with Gasteiger partial charge in [-0.1, -0.05) is 12.1 Å². The standard InChI is InChI=1S/C22H26BrNO5S/c1-12-5-6-13(2)19(14(12)3)28-7-8-29-20-16(23)9-15(10-18(20)27-4)21-24-17(11-30-21)22(25)26/h5-6,9-10,17,21,24H,7-8,11H2,1-4H3,(H,25,26). The molecule has 0 aromatic heterocycles. The van der Waals surface area contributed by atoms with Gasteiger partial charge in [0.15, 0.2) is 11.5 Å². The van der Waals surface area contributed by atoms with E-state index < -0.39 is 12.0 Å². The Morgan fingerprint density at radius 1 is 1.17 bits per heavy atom. The molecule has 0 spiro atoms. The summed E-state index contributed by atoms with van der Waals surface area (Å²) >= 11 is 5.12. The number of methoxy groups -OCH3 is 1. The van der Waals surface area contributed by atoms with Crippen molar-refractivity contribution >= 4 is 33.7 Å². The molecule has 6 nitrogen and oxygen atoms in total. The Morgan fingerprint density at radius 3 is 2.47 bits per heavy atom. The van der Waals surface area contributed by atoms with E-state index in [-0.39, 0.29) is 5.37 Å². The fourth-order valence-corrected chi connectivity index (χ4v) is 5.06. The average Bonchev–Trinajstić information content (AvgIpc) is 3.21. The molecule has 162 valence electrons. The zero-order valence-electron chi connectivity index (χ0n) is 17.5. The highest BCUT2D eigenvalue weighted by Crippen LogP contribution is 2.42. The van der Waals surface area contributed by atoms with Crippen LogP contribution in [0.25, 0.3) is 0 Å². The summed E-state index contributed by atoms with van der Waals surface area (Å²) < 4.78 is 18.2. The van der Waals surface area contributed by atoms with Crippen molar-refractivity contribution in [1.29, 1.82) is 0 Å². The quantitative estimate of drug-likeness (QED) is 0.516. The lowest BCUT2D eigenvalue weighted by Crippen LogP contribution is -2.33. The van der Waals surface area contributed by atoms with Crippen LogP contribution >= 0.6 is 27.7 Å². The Balaban J connectivity index is 1.65. The summed E-state index contributed by atoms with van der Waals surface area (Å²) in [5, 5.41) is 12.2. The van der Waals surface area contributed by atoms with Gasteiger partial charge in [-0.3, -0.25) is 10.1 Å². The van der Waals surface area contributed by atoms with Gasteiger partial charge in [-0.05, 0) is 71.1 Å². The molecule has 8 heteroatoms. The van der Waals surface area contributed by atoms with Gasteiger partial charge < -0.3 is 19.3 Å². The van der Waals surface area contributed by atoms with E-state index in [1.807, 2.05) is 19.1 Å². The molecule has 1 aliphatic rings. The van der Waals surface area contributed by atoms with Gasteiger partial charge in [0.25, 0.3) is 0 Å². The van der Waals surface area contributed by atoms with Crippen LogP contribution in [0.3, 0.4) is 0 Å². The molecule has 2 atom stereocenters. The Hall–Kier alpha value is -1.90. The van der Waals surface area contributed by atoms with Crippen LogP contribution in [0.1, 0.15) is 27.6 Å². The number of carboxylic acid groups (broad SMARTS) is 1. The van der Waals surface area contributed by atoms with Gasteiger partial charge in [0.2, 0.25) is 0 Å². The van der Waals surface area contributed by atoms with Crippen molar-refractivity contribution in [3.8, 4) is 17.2 Å². The Bertz CT molecular complexity index is 936. The van der Waals surface area contributed by atoms with Crippen molar-refractivity contribution in [3.63, 3.8) is 0 Å². The first-order chi connectivity index (χ1) is 14.3. The number of thioether (sulfide) groups is 1. The number of carbonyl (C=O) groups is 1. The third kappa shape index (κ3) is 5.04. The number of hydrogen-bond acceptors (Lipinski definition) is 6. The lowest BCUT2D eigenvalue weighted by molar-refractivity contribution is -0.138. The maximum Gasteiger partial charge on any atom is 0.321 e. The third-order valence-corrected chi connectivity index (χ3v) is 6.94. The zero-order chi connectivity index (χ0) is 21.8. The number of aliphatic carboxylic acids is 1. The Labute approximate surface area is 189 Å². The fraction of sp³-hybridized carbons (Fsp3) is 0.409. The summed E-state index contributed by atoms with van der Waals surface area (Å²) in [4.78, 5) is 11.2. The number of benzene rings is 2. The minimum Gasteiger partial charge on any atom is -0.493 e. The first-order valence-corrected chi connectivity index (χ1v) is 11.5. The van der Waals surface area contributed by atoms with Crippen LogP contribution in [0.4, 0.5) is 0 Å². The van der Waals surface area contributed by atoms with Gasteiger partial charge >= 0.3 is 5.97 Å². The molecule has 1 saturated heterocycles. The molecule has 1 heterocycles. The van der Waals surface area contributed by atoms with Gasteiger partial charge in [-0.2, -0.15) is 0 Å². The third-order valence-electron chi connectivity index (χ3n) is 5.08. The minimum absolute atomic E-state index is 0.110. The second kappa shape index (κ2) is 9.94. The molecule has 0 bridgehead atoms. The molecule has 1 fully saturated rings. The van der Waals surface area contributed by atoms with Crippen LogP contribution in [-0.2, 0) is 4.79 Å². The molecule has 2 unspecified atom stereocenters. The number of nitrogens with one attached hydrogen (secondary N) is 1. The Morgan fingerprint density at radius 2 is 1.83 bits per heavy atom. The van der Waals surface area contributed by atoms with Crippen LogP contribution in [0.15, 0.2) is 28.7 Å². The van der Waals surface area contributed by atoms with Crippen LogP contribution in [0, 0.1) is 20.8 Å². The predicted molar refractivity (Wildman–Crippen MR) is 122 cm³/mol. The van der Waals surface area contributed by atoms with Gasteiger partial charge in [0.05, 0.1) is 17.0 Å². The van der Waals surface area contributed by atoms with E-state index in [9.17, 15) is 9.90 Å². The Kier molecular flexibility index (Phi) is 7.55. The fourth-order valence-electron chi connectivity index (χ4n) is 3.27. The van der Waals surface area contributed by atoms with Crippen molar-refractivity contribution in [1.82, 2.24) is 5.32 Å². The first kappa shape index (κ1) is 22.8. The summed E-state index contributed by atoms with van der Waals surface area (Å²) in [7, 11) is 1.59. The topological polar surface area (TPSA) is 77.0 Å². The summed E-state index contributed by atoms with van der Waals surface area (Å²) in [6.07, 6.45) is 0. The second-order valence-corrected chi connectivity index (χ2v) is 9.15. The number of aryl methyl sites for hydroxylation is 2. The van der Waals surface area contributed by atoms with Crippen LogP contribution in [0.2, 0.25) is 0 Å². The van der Waals surface area contributed by atoms with E-state index in [0.717, 1.165) is 26.9 Å². The lowest BCUT2D eigenvalue weighted by Gasteiger charge is -2.18. The molecular formula is C22H26BrNO5S. The molecule has 2 aromatic rings. The highest BCUT2D eigenvalue weighted by atomic mass is 79.9. The molecule has 3 rings (SSSR count). The number of rotatable bonds is 8. The zero-order valence-corrected chi connectivity index (χ0v) is 19.9. The van der Waals surface area contributed by atoms with E-state index in [2.05, 4.69) is 47.2 Å². The summed E-state index contributed by atoms with van der Waals surface area (Å²) in [6, 6.07) is 7.41. The number of ether oxygens (including phenoxy) is 3. The maximum absolute atomic E-state index is 11.2. The second-order valence-electron chi connectivity index (χ2n) is 7.16. The number of carboxylic acids is 1. The van der Waals surface area contributed by atoms with Crippen LogP contribution in [0.5, 0.6) is 17.2 Å². The predicted octanol–water partition coefficient (Wildman–Crippen LogP) is 4.63. The minimum atomic E-state index is -0.838. The normalized spacial score (nSPS) is 18.3. The van der Waals surface area contributed by atoms with E-state index in [4.69, 9.17) is 14.2 Å². The van der Waals surface area contributed by atoms with Crippen LogP contribution in [-0.4, -0.2) is 43.2 Å². The van der Waals surface area contributed by atoms with Crippen molar-refractivity contribution in [3.05, 3.63) is 51.0 Å². The van der Waals surface area contributed by atoms with Gasteiger partial charge in [-0.15, -0.1) is 11.8 Å². The van der Waals surface area contributed by atoms with Crippen molar-refractivity contribution in [2.45, 2.75) is 32.2 Å². The van der Waals surface area contributed by atoms with Gasteiger partial charge in [0.1, 0.15) is 25.0 Å². The van der Waals surface area contributed by atoms with Crippen molar-refractivity contribution in [2.24, 2.45) is 0 Å². The monoisotopic (exact) mass is 495 g/mol. The smallest absolute Gasteiger partial charge is 0.321 e. The molecule has 30 heavy (non-hydrogen) atoms. The van der Waals surface area contributed by atoms with E-state index >= 15 is 0 Å². The molecule has 1 aliphatic heterocycles. The highest BCUT2D eigenvalue weighted by Gasteiger charge is 2.31. The summed E-state index contributed by atoms with van der Waals surface area (Å²) in [5.41, 5.74) is 4.36. The SMILES string of the molecule is COc1cc(C2NC(C(=O)O)CS2)cc(Br)c1OCCOc1c(C)ccc(C)c1C. The molecule has 0 radical (unpaired) electrons. The van der Waals surface area contributed by atoms with Crippen molar-refractivity contribution < 1.29 is 24.1 Å². The molecule has 2 aromatic carbocycles. The maximum atomic E-state index is 11.2. The van der Waals surface area contributed by atoms with Gasteiger partial charge in [0, 0.05) is 5.75 Å². The van der Waals surface area contributed by atoms with Crippen molar-refractivity contribution in [2.75, 3.05) is 26.1 Å². The van der Waals surface area contributed by atoms with E-state index in [1.165, 1.54) is 5.56 Å². The van der Waals surface area contributed by atoms with Gasteiger partial charge in [-0.25, -0.2) is 0 Å². The summed E-state index contributed by atoms with van der Waals surface area (Å²) in [5.74, 6) is 1.77. The van der Waals surface area contributed by atoms with Crippen LogP contribution < -0.4 is 19.5 Å². The number of hydrogen-bond donors (Lipinski definition) is 2. The molecular weight excluding hydrogens is 470 g/mol.